The largest absolute Gasteiger partial charge is 0.462 e. The Morgan fingerprint density at radius 1 is 0.379 bits per heavy atom. The van der Waals surface area contributed by atoms with Crippen LogP contribution in [0.5, 0.6) is 0 Å². The minimum atomic E-state index is -0.801. The molecule has 0 fully saturated rings. The number of esters is 3. The van der Waals surface area contributed by atoms with Crippen molar-refractivity contribution in [2.45, 2.75) is 239 Å². The first kappa shape index (κ1) is 55.1. The van der Waals surface area contributed by atoms with E-state index in [2.05, 4.69) is 81.5 Å². The number of allylic oxidation sites excluding steroid dienone is 10. The first-order valence-corrected chi connectivity index (χ1v) is 24.3. The standard InChI is InChI=1S/C52H90O6/c1-4-7-10-13-16-19-22-25-26-27-28-31-33-36-39-42-45-51(54)57-48-49(58-52(55)46-43-40-37-34-30-24-21-18-15-12-9-6-3)47-56-50(53)44-41-38-35-32-29-23-20-17-14-11-8-5-2/h9,12,18,21,26-28,30-31,34,49H,4-8,10-11,13-17,19-20,22-25,29,32-33,35-48H2,1-3H3/b12-9-,21-18-,27-26-,31-28-,34-30-. The average Bonchev–Trinajstić information content (AvgIpc) is 3.22. The quantitative estimate of drug-likeness (QED) is 0.0201. The highest BCUT2D eigenvalue weighted by atomic mass is 16.6. The lowest BCUT2D eigenvalue weighted by Crippen LogP contribution is -2.30. The van der Waals surface area contributed by atoms with Gasteiger partial charge in [0.25, 0.3) is 0 Å². The molecule has 0 saturated carbocycles. The SMILES string of the molecule is CC/C=C\C/C=C\C/C=C\CCCCC(=O)OC(COC(=O)CCCCC/C=C\C=C/CCCCCCCCC)COC(=O)CCCCCCCCCCCCCC. The molecule has 0 spiro atoms. The van der Waals surface area contributed by atoms with E-state index < -0.39 is 6.10 Å². The molecule has 6 heteroatoms. The topological polar surface area (TPSA) is 78.9 Å². The first-order valence-electron chi connectivity index (χ1n) is 24.3. The molecular weight excluding hydrogens is 721 g/mol. The molecule has 0 radical (unpaired) electrons. The maximum atomic E-state index is 12.7. The smallest absolute Gasteiger partial charge is 0.306 e. The van der Waals surface area contributed by atoms with Crippen LogP contribution in [0.4, 0.5) is 0 Å². The molecule has 334 valence electrons. The van der Waals surface area contributed by atoms with Crippen molar-refractivity contribution in [1.29, 1.82) is 0 Å². The zero-order valence-corrected chi connectivity index (χ0v) is 38.0. The number of hydrogen-bond acceptors (Lipinski definition) is 6. The zero-order valence-electron chi connectivity index (χ0n) is 38.0. The molecule has 0 aliphatic rings. The molecule has 58 heavy (non-hydrogen) atoms. The number of ether oxygens (including phenoxy) is 3. The summed E-state index contributed by atoms with van der Waals surface area (Å²) in [4.78, 5) is 37.8. The van der Waals surface area contributed by atoms with E-state index >= 15 is 0 Å². The molecule has 6 nitrogen and oxygen atoms in total. The summed E-state index contributed by atoms with van der Waals surface area (Å²) >= 11 is 0. The minimum absolute atomic E-state index is 0.0968. The van der Waals surface area contributed by atoms with Gasteiger partial charge in [-0.05, 0) is 77.0 Å². The minimum Gasteiger partial charge on any atom is -0.462 e. The third-order valence-electron chi connectivity index (χ3n) is 10.3. The monoisotopic (exact) mass is 811 g/mol. The molecule has 1 atom stereocenters. The molecule has 0 aliphatic heterocycles. The number of unbranched alkanes of at least 4 members (excludes halogenated alkanes) is 23. The van der Waals surface area contributed by atoms with Gasteiger partial charge in [0.15, 0.2) is 6.10 Å². The van der Waals surface area contributed by atoms with Gasteiger partial charge in [0.2, 0.25) is 0 Å². The second kappa shape index (κ2) is 46.8. The molecule has 1 unspecified atom stereocenters. The van der Waals surface area contributed by atoms with Crippen molar-refractivity contribution in [3.63, 3.8) is 0 Å². The summed E-state index contributed by atoms with van der Waals surface area (Å²) in [6, 6.07) is 0. The Morgan fingerprint density at radius 2 is 0.724 bits per heavy atom. The van der Waals surface area contributed by atoms with Crippen molar-refractivity contribution < 1.29 is 28.6 Å². The second-order valence-electron chi connectivity index (χ2n) is 16.0. The van der Waals surface area contributed by atoms with Crippen molar-refractivity contribution >= 4 is 17.9 Å². The molecule has 0 aromatic carbocycles. The van der Waals surface area contributed by atoms with Crippen LogP contribution in [-0.4, -0.2) is 37.2 Å². The highest BCUT2D eigenvalue weighted by Gasteiger charge is 2.19. The zero-order chi connectivity index (χ0) is 42.3. The van der Waals surface area contributed by atoms with Crippen LogP contribution < -0.4 is 0 Å². The lowest BCUT2D eigenvalue weighted by molar-refractivity contribution is -0.167. The van der Waals surface area contributed by atoms with Crippen LogP contribution in [-0.2, 0) is 28.6 Å². The van der Waals surface area contributed by atoms with Gasteiger partial charge in [-0.25, -0.2) is 0 Å². The number of carbonyl (C=O) groups is 3. The van der Waals surface area contributed by atoms with E-state index in [9.17, 15) is 14.4 Å². The van der Waals surface area contributed by atoms with Gasteiger partial charge in [0, 0.05) is 19.3 Å². The number of hydrogen-bond donors (Lipinski definition) is 0. The fourth-order valence-corrected chi connectivity index (χ4v) is 6.62. The molecule has 0 heterocycles. The van der Waals surface area contributed by atoms with Gasteiger partial charge in [-0.3, -0.25) is 14.4 Å². The predicted octanol–water partition coefficient (Wildman–Crippen LogP) is 15.7. The molecular formula is C52H90O6. The Hall–Kier alpha value is -2.89. The van der Waals surface area contributed by atoms with Gasteiger partial charge in [-0.1, -0.05) is 197 Å². The fourth-order valence-electron chi connectivity index (χ4n) is 6.62. The summed E-state index contributed by atoms with van der Waals surface area (Å²) in [5.41, 5.74) is 0. The summed E-state index contributed by atoms with van der Waals surface area (Å²) < 4.78 is 16.7. The number of rotatable bonds is 43. The maximum Gasteiger partial charge on any atom is 0.306 e. The summed E-state index contributed by atoms with van der Waals surface area (Å²) in [6.07, 6.45) is 56.4. The van der Waals surface area contributed by atoms with Crippen molar-refractivity contribution in [3.8, 4) is 0 Å². The second-order valence-corrected chi connectivity index (χ2v) is 16.0. The Balaban J connectivity index is 4.45. The molecule has 0 aromatic rings. The average molecular weight is 811 g/mol. The van der Waals surface area contributed by atoms with Crippen molar-refractivity contribution in [2.75, 3.05) is 13.2 Å². The highest BCUT2D eigenvalue weighted by molar-refractivity contribution is 5.71. The third kappa shape index (κ3) is 44.2. The normalized spacial score (nSPS) is 12.5. The van der Waals surface area contributed by atoms with E-state index in [4.69, 9.17) is 14.2 Å². The van der Waals surface area contributed by atoms with Crippen molar-refractivity contribution in [2.24, 2.45) is 0 Å². The van der Waals surface area contributed by atoms with Gasteiger partial charge in [0.05, 0.1) is 0 Å². The van der Waals surface area contributed by atoms with Crippen LogP contribution in [0.15, 0.2) is 60.8 Å². The van der Waals surface area contributed by atoms with E-state index in [-0.39, 0.29) is 37.5 Å². The van der Waals surface area contributed by atoms with Crippen LogP contribution in [0.25, 0.3) is 0 Å². The summed E-state index contributed by atoms with van der Waals surface area (Å²) in [6.45, 7) is 6.45. The maximum absolute atomic E-state index is 12.7. The molecule has 0 N–H and O–H groups in total. The van der Waals surface area contributed by atoms with Crippen molar-refractivity contribution in [1.82, 2.24) is 0 Å². The van der Waals surface area contributed by atoms with Gasteiger partial charge in [-0.2, -0.15) is 0 Å². The van der Waals surface area contributed by atoms with Gasteiger partial charge in [-0.15, -0.1) is 0 Å². The fraction of sp³-hybridized carbons (Fsp3) is 0.750. The lowest BCUT2D eigenvalue weighted by atomic mass is 10.0. The van der Waals surface area contributed by atoms with E-state index in [1.165, 1.54) is 103 Å². The third-order valence-corrected chi connectivity index (χ3v) is 10.3. The van der Waals surface area contributed by atoms with Gasteiger partial charge < -0.3 is 14.2 Å². The van der Waals surface area contributed by atoms with Crippen LogP contribution in [0.3, 0.4) is 0 Å². The highest BCUT2D eigenvalue weighted by Crippen LogP contribution is 2.14. The Labute approximate surface area is 358 Å². The molecule has 0 aromatic heterocycles. The van der Waals surface area contributed by atoms with Crippen molar-refractivity contribution in [3.05, 3.63) is 60.8 Å². The van der Waals surface area contributed by atoms with E-state index in [0.29, 0.717) is 19.3 Å². The molecule has 0 amide bonds. The summed E-state index contributed by atoms with van der Waals surface area (Å²) in [7, 11) is 0. The Kier molecular flexibility index (Phi) is 44.5. The molecule has 0 rings (SSSR count). The van der Waals surface area contributed by atoms with Gasteiger partial charge in [0.1, 0.15) is 13.2 Å². The van der Waals surface area contributed by atoms with Crippen LogP contribution >= 0.6 is 0 Å². The predicted molar refractivity (Wildman–Crippen MR) is 247 cm³/mol. The lowest BCUT2D eigenvalue weighted by Gasteiger charge is -2.18. The number of carbonyl (C=O) groups excluding carboxylic acids is 3. The van der Waals surface area contributed by atoms with Crippen LogP contribution in [0.1, 0.15) is 233 Å². The molecule has 0 aliphatic carbocycles. The Morgan fingerprint density at radius 3 is 1.21 bits per heavy atom. The van der Waals surface area contributed by atoms with Crippen LogP contribution in [0, 0.1) is 0 Å². The van der Waals surface area contributed by atoms with E-state index in [0.717, 1.165) is 83.5 Å². The molecule has 0 saturated heterocycles. The van der Waals surface area contributed by atoms with E-state index in [1.54, 1.807) is 0 Å². The Bertz CT molecular complexity index is 1070. The summed E-state index contributed by atoms with van der Waals surface area (Å²) in [5, 5.41) is 0. The first-order chi connectivity index (χ1) is 28.5. The van der Waals surface area contributed by atoms with E-state index in [1.807, 2.05) is 0 Å². The summed E-state index contributed by atoms with van der Waals surface area (Å²) in [5.74, 6) is -0.964. The van der Waals surface area contributed by atoms with Crippen LogP contribution in [0.2, 0.25) is 0 Å². The van der Waals surface area contributed by atoms with Gasteiger partial charge >= 0.3 is 17.9 Å². The molecule has 0 bridgehead atoms.